The summed E-state index contributed by atoms with van der Waals surface area (Å²) in [6.45, 7) is 4.69. The number of anilines is 1. The summed E-state index contributed by atoms with van der Waals surface area (Å²) in [4.78, 5) is 6.86. The van der Waals surface area contributed by atoms with E-state index >= 15 is 0 Å². The highest BCUT2D eigenvalue weighted by Gasteiger charge is 2.37. The number of rotatable bonds is 1. The molecule has 0 spiro atoms. The Morgan fingerprint density at radius 3 is 2.72 bits per heavy atom. The maximum absolute atomic E-state index is 4.28. The molecule has 3 heteroatoms. The van der Waals surface area contributed by atoms with E-state index in [0.29, 0.717) is 0 Å². The van der Waals surface area contributed by atoms with Gasteiger partial charge in [0, 0.05) is 13.1 Å². The van der Waals surface area contributed by atoms with Crippen LogP contribution >= 0.6 is 0 Å². The first-order chi connectivity index (χ1) is 8.83. The van der Waals surface area contributed by atoms with Crippen LogP contribution in [0.1, 0.15) is 24.8 Å². The third-order valence-corrected chi connectivity index (χ3v) is 4.78. The van der Waals surface area contributed by atoms with Crippen molar-refractivity contribution in [3.63, 3.8) is 0 Å². The summed E-state index contributed by atoms with van der Waals surface area (Å²) in [6.07, 6.45) is 8.20. The van der Waals surface area contributed by atoms with Gasteiger partial charge in [-0.2, -0.15) is 0 Å². The van der Waals surface area contributed by atoms with Gasteiger partial charge >= 0.3 is 0 Å². The average Bonchev–Trinajstić information content (AvgIpc) is 3.01. The number of pyridine rings is 1. The summed E-state index contributed by atoms with van der Waals surface area (Å²) in [6, 6.07) is 4.38. The minimum atomic E-state index is 0.933. The summed E-state index contributed by atoms with van der Waals surface area (Å²) < 4.78 is 2.25. The van der Waals surface area contributed by atoms with Crippen molar-refractivity contribution in [3.05, 3.63) is 30.2 Å². The molecular formula is C15H19N3. The molecule has 3 heterocycles. The fraction of sp³-hybridized carbons (Fsp3) is 0.533. The molecule has 1 aliphatic carbocycles. The molecule has 0 aromatic carbocycles. The monoisotopic (exact) mass is 241 g/mol. The van der Waals surface area contributed by atoms with Crippen molar-refractivity contribution < 1.29 is 0 Å². The molecule has 18 heavy (non-hydrogen) atoms. The van der Waals surface area contributed by atoms with Crippen LogP contribution in [-0.4, -0.2) is 22.5 Å². The first-order valence-electron chi connectivity index (χ1n) is 6.99. The summed E-state index contributed by atoms with van der Waals surface area (Å²) >= 11 is 0. The molecule has 0 amide bonds. The zero-order valence-corrected chi connectivity index (χ0v) is 10.8. The molecule has 1 aliphatic heterocycles. The maximum atomic E-state index is 4.28. The maximum Gasteiger partial charge on any atom is 0.117 e. The van der Waals surface area contributed by atoms with E-state index in [4.69, 9.17) is 0 Å². The molecule has 1 saturated heterocycles. The van der Waals surface area contributed by atoms with E-state index < -0.39 is 0 Å². The lowest BCUT2D eigenvalue weighted by Gasteiger charge is -2.23. The van der Waals surface area contributed by atoms with Gasteiger partial charge in [-0.05, 0) is 43.2 Å². The van der Waals surface area contributed by atoms with E-state index in [1.807, 2.05) is 12.5 Å². The molecule has 4 rings (SSSR count). The van der Waals surface area contributed by atoms with Gasteiger partial charge in [0.05, 0.1) is 11.7 Å². The van der Waals surface area contributed by atoms with Crippen molar-refractivity contribution in [2.24, 2.45) is 11.8 Å². The minimum Gasteiger partial charge on any atom is -0.357 e. The SMILES string of the molecule is Cc1ccc2cncn2c1N1CC2CCCC2C1. The largest absolute Gasteiger partial charge is 0.357 e. The minimum absolute atomic E-state index is 0.933. The molecule has 0 N–H and O–H groups in total. The Balaban J connectivity index is 1.78. The first kappa shape index (κ1) is 10.4. The molecule has 2 aromatic rings. The van der Waals surface area contributed by atoms with Crippen LogP contribution in [0, 0.1) is 18.8 Å². The molecule has 2 fully saturated rings. The van der Waals surface area contributed by atoms with Crippen LogP contribution in [0.3, 0.4) is 0 Å². The molecule has 3 nitrogen and oxygen atoms in total. The van der Waals surface area contributed by atoms with E-state index in [-0.39, 0.29) is 0 Å². The predicted octanol–water partition coefficient (Wildman–Crippen LogP) is 2.88. The number of hydrogen-bond acceptors (Lipinski definition) is 2. The van der Waals surface area contributed by atoms with Gasteiger partial charge in [0.1, 0.15) is 12.1 Å². The Kier molecular flexibility index (Phi) is 2.16. The van der Waals surface area contributed by atoms with Gasteiger partial charge in [0.25, 0.3) is 0 Å². The average molecular weight is 241 g/mol. The Morgan fingerprint density at radius 2 is 1.94 bits per heavy atom. The molecule has 2 aliphatic rings. The molecule has 94 valence electrons. The van der Waals surface area contributed by atoms with Gasteiger partial charge in [-0.3, -0.25) is 4.40 Å². The van der Waals surface area contributed by atoms with Crippen molar-refractivity contribution in [3.8, 4) is 0 Å². The van der Waals surface area contributed by atoms with E-state index in [9.17, 15) is 0 Å². The number of fused-ring (bicyclic) bond motifs is 2. The second kappa shape index (κ2) is 3.74. The van der Waals surface area contributed by atoms with Gasteiger partial charge in [0.2, 0.25) is 0 Å². The lowest BCUT2D eigenvalue weighted by atomic mass is 10.0. The highest BCUT2D eigenvalue weighted by Crippen LogP contribution is 2.40. The second-order valence-corrected chi connectivity index (χ2v) is 5.88. The summed E-state index contributed by atoms with van der Waals surface area (Å²) in [5.41, 5.74) is 2.56. The number of aryl methyl sites for hydroxylation is 1. The summed E-state index contributed by atoms with van der Waals surface area (Å²) in [7, 11) is 0. The number of aromatic nitrogens is 2. The van der Waals surface area contributed by atoms with Crippen LogP contribution < -0.4 is 4.90 Å². The molecule has 0 radical (unpaired) electrons. The van der Waals surface area contributed by atoms with E-state index in [1.165, 1.54) is 49.2 Å². The molecule has 2 unspecified atom stereocenters. The Bertz CT molecular complexity index is 574. The second-order valence-electron chi connectivity index (χ2n) is 5.88. The van der Waals surface area contributed by atoms with Crippen molar-refractivity contribution in [2.75, 3.05) is 18.0 Å². The highest BCUT2D eigenvalue weighted by molar-refractivity contribution is 5.59. The standard InChI is InChI=1S/C15H19N3/c1-11-5-6-14-7-16-10-18(14)15(11)17-8-12-3-2-4-13(12)9-17/h5-7,10,12-13H,2-4,8-9H2,1H3. The Labute approximate surface area is 107 Å². The molecular weight excluding hydrogens is 222 g/mol. The smallest absolute Gasteiger partial charge is 0.117 e. The fourth-order valence-corrected chi connectivity index (χ4v) is 3.89. The van der Waals surface area contributed by atoms with Gasteiger partial charge in [0.15, 0.2) is 0 Å². The van der Waals surface area contributed by atoms with Gasteiger partial charge in [-0.25, -0.2) is 4.98 Å². The van der Waals surface area contributed by atoms with Gasteiger partial charge in [-0.1, -0.05) is 12.5 Å². The molecule has 2 atom stereocenters. The van der Waals surface area contributed by atoms with Gasteiger partial charge in [-0.15, -0.1) is 0 Å². The van der Waals surface area contributed by atoms with Crippen LogP contribution in [0.25, 0.3) is 5.52 Å². The normalized spacial score (nSPS) is 27.1. The van der Waals surface area contributed by atoms with Crippen molar-refractivity contribution >= 4 is 11.3 Å². The highest BCUT2D eigenvalue weighted by atomic mass is 15.2. The van der Waals surface area contributed by atoms with E-state index in [1.54, 1.807) is 0 Å². The van der Waals surface area contributed by atoms with E-state index in [0.717, 1.165) is 11.8 Å². The quantitative estimate of drug-likeness (QED) is 0.765. The predicted molar refractivity (Wildman–Crippen MR) is 73.0 cm³/mol. The fourth-order valence-electron chi connectivity index (χ4n) is 3.89. The van der Waals surface area contributed by atoms with E-state index in [2.05, 4.69) is 33.3 Å². The molecule has 1 saturated carbocycles. The third kappa shape index (κ3) is 1.39. The van der Waals surface area contributed by atoms with Crippen LogP contribution in [0.2, 0.25) is 0 Å². The first-order valence-corrected chi connectivity index (χ1v) is 6.99. The van der Waals surface area contributed by atoms with Crippen LogP contribution in [0.5, 0.6) is 0 Å². The molecule has 0 bridgehead atoms. The zero-order chi connectivity index (χ0) is 12.1. The molecule has 2 aromatic heterocycles. The lowest BCUT2D eigenvalue weighted by molar-refractivity contribution is 0.494. The van der Waals surface area contributed by atoms with Crippen molar-refractivity contribution in [2.45, 2.75) is 26.2 Å². The zero-order valence-electron chi connectivity index (χ0n) is 10.8. The number of hydrogen-bond donors (Lipinski definition) is 0. The Hall–Kier alpha value is -1.51. The number of imidazole rings is 1. The van der Waals surface area contributed by atoms with Crippen LogP contribution in [0.4, 0.5) is 5.82 Å². The topological polar surface area (TPSA) is 20.5 Å². The van der Waals surface area contributed by atoms with Gasteiger partial charge < -0.3 is 4.90 Å². The van der Waals surface area contributed by atoms with Crippen molar-refractivity contribution in [1.29, 1.82) is 0 Å². The van der Waals surface area contributed by atoms with Crippen LogP contribution in [0.15, 0.2) is 24.7 Å². The Morgan fingerprint density at radius 1 is 1.17 bits per heavy atom. The number of nitrogens with zero attached hydrogens (tertiary/aromatic N) is 3. The summed E-state index contributed by atoms with van der Waals surface area (Å²) in [5.74, 6) is 3.23. The third-order valence-electron chi connectivity index (χ3n) is 4.78. The van der Waals surface area contributed by atoms with Crippen LogP contribution in [-0.2, 0) is 0 Å². The lowest BCUT2D eigenvalue weighted by Crippen LogP contribution is -2.24. The summed E-state index contributed by atoms with van der Waals surface area (Å²) in [5, 5.41) is 0. The van der Waals surface area contributed by atoms with Crippen molar-refractivity contribution in [1.82, 2.24) is 9.38 Å².